The maximum atomic E-state index is 11.0. The Bertz CT molecular complexity index is 1110. The Kier molecular flexibility index (Phi) is 4.79. The van der Waals surface area contributed by atoms with Crippen LogP contribution in [0.2, 0.25) is 5.02 Å². The second-order valence-electron chi connectivity index (χ2n) is 7.19. The number of fused-ring (bicyclic) bond motifs is 1. The average molecular weight is 430 g/mol. The molecule has 0 spiro atoms. The van der Waals surface area contributed by atoms with Crippen molar-refractivity contribution in [2.75, 3.05) is 33.2 Å². The monoisotopic (exact) mass is 429 g/mol. The maximum Gasteiger partial charge on any atom is 0.230 e. The molecule has 9 heteroatoms. The Labute approximate surface area is 176 Å². The van der Waals surface area contributed by atoms with Gasteiger partial charge in [-0.3, -0.25) is 4.90 Å². The molecule has 29 heavy (non-hydrogen) atoms. The first kappa shape index (κ1) is 18.6. The van der Waals surface area contributed by atoms with Crippen LogP contribution in [0.3, 0.4) is 0 Å². The van der Waals surface area contributed by atoms with Crippen molar-refractivity contribution in [1.82, 2.24) is 24.4 Å². The summed E-state index contributed by atoms with van der Waals surface area (Å²) in [4.78, 5) is 10.7. The predicted molar refractivity (Wildman–Crippen MR) is 113 cm³/mol. The van der Waals surface area contributed by atoms with Crippen LogP contribution in [0.15, 0.2) is 47.1 Å². The van der Waals surface area contributed by atoms with Gasteiger partial charge in [0.05, 0.1) is 17.2 Å². The summed E-state index contributed by atoms with van der Waals surface area (Å²) in [7, 11) is 2.13. The molecular formula is C20H20ClN5O2S. The summed E-state index contributed by atoms with van der Waals surface area (Å²) in [6.07, 6.45) is 1.58. The molecule has 0 aliphatic carbocycles. The van der Waals surface area contributed by atoms with Gasteiger partial charge in [0.2, 0.25) is 16.7 Å². The van der Waals surface area contributed by atoms with Crippen molar-refractivity contribution in [3.63, 3.8) is 0 Å². The summed E-state index contributed by atoms with van der Waals surface area (Å²) in [5.74, 6) is 1.16. The number of furan rings is 1. The Morgan fingerprint density at radius 3 is 2.55 bits per heavy atom. The van der Waals surface area contributed by atoms with E-state index in [2.05, 4.69) is 26.9 Å². The Balaban J connectivity index is 1.57. The lowest BCUT2D eigenvalue weighted by Crippen LogP contribution is -2.46. The van der Waals surface area contributed by atoms with E-state index < -0.39 is 0 Å². The van der Waals surface area contributed by atoms with Gasteiger partial charge < -0.3 is 14.4 Å². The van der Waals surface area contributed by atoms with E-state index in [0.29, 0.717) is 21.6 Å². The van der Waals surface area contributed by atoms with E-state index in [1.54, 1.807) is 18.4 Å². The van der Waals surface area contributed by atoms with E-state index in [1.165, 1.54) is 15.9 Å². The molecule has 1 fully saturated rings. The molecule has 4 aromatic rings. The minimum atomic E-state index is -0.0819. The first-order chi connectivity index (χ1) is 14.1. The SMILES string of the molecule is CN1CCN(C(c2ccc(Cl)cc2)c2sc3nc(-c4ccco4)nn3c2O)CC1. The van der Waals surface area contributed by atoms with Crippen molar-refractivity contribution in [3.8, 4) is 17.5 Å². The van der Waals surface area contributed by atoms with Gasteiger partial charge in [-0.15, -0.1) is 5.10 Å². The van der Waals surface area contributed by atoms with Crippen molar-refractivity contribution in [1.29, 1.82) is 0 Å². The average Bonchev–Trinajstić information content (AvgIpc) is 3.44. The number of thiazole rings is 1. The molecule has 1 unspecified atom stereocenters. The Morgan fingerprint density at radius 2 is 1.90 bits per heavy atom. The Morgan fingerprint density at radius 1 is 1.14 bits per heavy atom. The lowest BCUT2D eigenvalue weighted by atomic mass is 10.0. The molecule has 150 valence electrons. The number of hydrogen-bond acceptors (Lipinski definition) is 7. The first-order valence-corrected chi connectivity index (χ1v) is 10.6. The minimum absolute atomic E-state index is 0.0819. The van der Waals surface area contributed by atoms with Crippen LogP contribution in [0.1, 0.15) is 16.5 Å². The number of likely N-dealkylation sites (N-methyl/N-ethyl adjacent to an activating group) is 1. The van der Waals surface area contributed by atoms with E-state index in [9.17, 15) is 5.11 Å². The number of rotatable bonds is 4. The molecule has 0 amide bonds. The van der Waals surface area contributed by atoms with Crippen LogP contribution in [0.25, 0.3) is 16.5 Å². The third-order valence-electron chi connectivity index (χ3n) is 5.28. The molecule has 1 saturated heterocycles. The van der Waals surface area contributed by atoms with Crippen molar-refractivity contribution in [3.05, 3.63) is 58.1 Å². The highest BCUT2D eigenvalue weighted by Crippen LogP contribution is 2.41. The van der Waals surface area contributed by atoms with Gasteiger partial charge in [0, 0.05) is 31.2 Å². The second kappa shape index (κ2) is 7.46. The van der Waals surface area contributed by atoms with Crippen LogP contribution in [0.4, 0.5) is 0 Å². The molecule has 4 heterocycles. The van der Waals surface area contributed by atoms with E-state index in [1.807, 2.05) is 24.3 Å². The molecule has 1 aromatic carbocycles. The number of piperazine rings is 1. The van der Waals surface area contributed by atoms with Crippen LogP contribution in [-0.2, 0) is 0 Å². The number of aromatic nitrogens is 3. The maximum absolute atomic E-state index is 11.0. The van der Waals surface area contributed by atoms with Gasteiger partial charge in [-0.05, 0) is 36.9 Å². The molecule has 0 saturated carbocycles. The molecule has 3 aromatic heterocycles. The van der Waals surface area contributed by atoms with E-state index in [-0.39, 0.29) is 11.9 Å². The Hall–Kier alpha value is -2.39. The van der Waals surface area contributed by atoms with E-state index >= 15 is 0 Å². The molecule has 0 radical (unpaired) electrons. The van der Waals surface area contributed by atoms with Crippen molar-refractivity contribution in [2.45, 2.75) is 6.04 Å². The summed E-state index contributed by atoms with van der Waals surface area (Å²) in [5.41, 5.74) is 1.09. The third-order valence-corrected chi connectivity index (χ3v) is 6.60. The minimum Gasteiger partial charge on any atom is -0.492 e. The standard InChI is InChI=1S/C20H20ClN5O2S/c1-24-8-10-25(11-9-24)16(13-4-6-14(21)7-5-13)17-19(27)26-20(29-17)22-18(23-26)15-3-2-12-28-15/h2-7,12,16,27H,8-11H2,1H3. The van der Waals surface area contributed by atoms with Gasteiger partial charge >= 0.3 is 0 Å². The summed E-state index contributed by atoms with van der Waals surface area (Å²) < 4.78 is 6.88. The summed E-state index contributed by atoms with van der Waals surface area (Å²) >= 11 is 7.56. The van der Waals surface area contributed by atoms with Gasteiger partial charge in [0.25, 0.3) is 0 Å². The molecule has 1 aliphatic heterocycles. The summed E-state index contributed by atoms with van der Waals surface area (Å²) in [6, 6.07) is 11.3. The summed E-state index contributed by atoms with van der Waals surface area (Å²) in [6.45, 7) is 3.78. The zero-order valence-corrected chi connectivity index (χ0v) is 17.4. The molecule has 0 bridgehead atoms. The van der Waals surface area contributed by atoms with Crippen LogP contribution < -0.4 is 0 Å². The molecular weight excluding hydrogens is 410 g/mol. The number of hydrogen-bond donors (Lipinski definition) is 1. The zero-order chi connectivity index (χ0) is 20.0. The normalized spacial score (nSPS) is 17.2. The van der Waals surface area contributed by atoms with E-state index in [4.69, 9.17) is 16.0 Å². The number of nitrogens with zero attached hydrogens (tertiary/aromatic N) is 5. The van der Waals surface area contributed by atoms with Gasteiger partial charge in [0.15, 0.2) is 5.76 Å². The first-order valence-electron chi connectivity index (χ1n) is 9.40. The predicted octanol–water partition coefficient (Wildman–Crippen LogP) is 3.75. The van der Waals surface area contributed by atoms with Crippen LogP contribution in [0.5, 0.6) is 5.88 Å². The zero-order valence-electron chi connectivity index (χ0n) is 15.8. The third kappa shape index (κ3) is 3.42. The molecule has 1 aliphatic rings. The van der Waals surface area contributed by atoms with Gasteiger partial charge in [-0.25, -0.2) is 0 Å². The number of halogens is 1. The topological polar surface area (TPSA) is 70.0 Å². The van der Waals surface area contributed by atoms with Crippen molar-refractivity contribution >= 4 is 27.9 Å². The fraction of sp³-hybridized carbons (Fsp3) is 0.300. The van der Waals surface area contributed by atoms with Crippen molar-refractivity contribution in [2.24, 2.45) is 0 Å². The van der Waals surface area contributed by atoms with Gasteiger partial charge in [-0.1, -0.05) is 35.1 Å². The molecule has 5 rings (SSSR count). The number of aromatic hydroxyl groups is 1. The highest BCUT2D eigenvalue weighted by Gasteiger charge is 2.31. The van der Waals surface area contributed by atoms with E-state index in [0.717, 1.165) is 36.6 Å². The second-order valence-corrected chi connectivity index (χ2v) is 8.64. The fourth-order valence-electron chi connectivity index (χ4n) is 3.69. The highest BCUT2D eigenvalue weighted by molar-refractivity contribution is 7.17. The van der Waals surface area contributed by atoms with Crippen LogP contribution in [0, 0.1) is 0 Å². The quantitative estimate of drug-likeness (QED) is 0.532. The lowest BCUT2D eigenvalue weighted by Gasteiger charge is -2.37. The molecule has 1 atom stereocenters. The fourth-order valence-corrected chi connectivity index (χ4v) is 4.93. The number of benzene rings is 1. The molecule has 1 N–H and O–H groups in total. The largest absolute Gasteiger partial charge is 0.492 e. The smallest absolute Gasteiger partial charge is 0.230 e. The molecule has 7 nitrogen and oxygen atoms in total. The highest BCUT2D eigenvalue weighted by atomic mass is 35.5. The summed E-state index contributed by atoms with van der Waals surface area (Å²) in [5, 5.41) is 16.2. The lowest BCUT2D eigenvalue weighted by molar-refractivity contribution is 0.127. The van der Waals surface area contributed by atoms with Crippen molar-refractivity contribution < 1.29 is 9.52 Å². The van der Waals surface area contributed by atoms with Crippen LogP contribution >= 0.6 is 22.9 Å². The van der Waals surface area contributed by atoms with Gasteiger partial charge in [-0.2, -0.15) is 9.50 Å². The van der Waals surface area contributed by atoms with Crippen LogP contribution in [-0.4, -0.2) is 62.7 Å². The van der Waals surface area contributed by atoms with Gasteiger partial charge in [0.1, 0.15) is 0 Å².